The second-order valence-corrected chi connectivity index (χ2v) is 7.40. The van der Waals surface area contributed by atoms with Crippen molar-refractivity contribution in [3.63, 3.8) is 0 Å². The predicted octanol–water partition coefficient (Wildman–Crippen LogP) is 1.77. The van der Waals surface area contributed by atoms with Crippen LogP contribution in [0.2, 0.25) is 0 Å². The molecule has 2 atom stereocenters. The van der Waals surface area contributed by atoms with E-state index in [2.05, 4.69) is 5.32 Å². The zero-order chi connectivity index (χ0) is 14.6. The monoisotopic (exact) mass is 284 g/mol. The van der Waals surface area contributed by atoms with E-state index in [-0.39, 0.29) is 5.60 Å². The molecule has 1 aliphatic carbocycles. The maximum absolute atomic E-state index is 10.4. The van der Waals surface area contributed by atoms with Gasteiger partial charge in [-0.3, -0.25) is 0 Å². The summed E-state index contributed by atoms with van der Waals surface area (Å²) in [5, 5.41) is 14.0. The van der Waals surface area contributed by atoms with E-state index in [4.69, 9.17) is 4.74 Å². The topological polar surface area (TPSA) is 44.7 Å². The fourth-order valence-electron chi connectivity index (χ4n) is 3.85. The number of nitrogens with zero attached hydrogens (tertiary/aromatic N) is 1. The van der Waals surface area contributed by atoms with E-state index in [1.807, 2.05) is 25.9 Å². The van der Waals surface area contributed by atoms with Crippen LogP contribution in [0.4, 0.5) is 0 Å². The number of likely N-dealkylation sites (N-methyl/N-ethyl adjacent to an activating group) is 1. The molecule has 2 aliphatic rings. The Morgan fingerprint density at radius 1 is 1.30 bits per heavy atom. The molecule has 1 aliphatic heterocycles. The summed E-state index contributed by atoms with van der Waals surface area (Å²) >= 11 is 0. The lowest BCUT2D eigenvalue weighted by atomic mass is 9.78. The second kappa shape index (κ2) is 6.73. The lowest BCUT2D eigenvalue weighted by molar-refractivity contribution is -0.110. The van der Waals surface area contributed by atoms with E-state index in [1.54, 1.807) is 0 Å². The van der Waals surface area contributed by atoms with Crippen LogP contribution in [0, 0.1) is 0 Å². The Labute approximate surface area is 123 Å². The fraction of sp³-hybridized carbons (Fsp3) is 1.00. The van der Waals surface area contributed by atoms with Crippen LogP contribution in [0.5, 0.6) is 0 Å². The van der Waals surface area contributed by atoms with Gasteiger partial charge < -0.3 is 20.1 Å². The first-order valence-electron chi connectivity index (χ1n) is 8.15. The van der Waals surface area contributed by atoms with Crippen LogP contribution in [-0.2, 0) is 4.74 Å². The molecule has 0 aromatic heterocycles. The molecule has 1 saturated carbocycles. The van der Waals surface area contributed by atoms with E-state index >= 15 is 0 Å². The van der Waals surface area contributed by atoms with Crippen LogP contribution >= 0.6 is 0 Å². The second-order valence-electron chi connectivity index (χ2n) is 7.40. The van der Waals surface area contributed by atoms with Gasteiger partial charge in [-0.1, -0.05) is 19.3 Å². The predicted molar refractivity (Wildman–Crippen MR) is 82.0 cm³/mol. The number of hydrogen-bond donors (Lipinski definition) is 2. The summed E-state index contributed by atoms with van der Waals surface area (Å²) in [6.07, 6.45) is 8.61. The average Bonchev–Trinajstić information content (AvgIpc) is 2.36. The number of hydrogen-bond acceptors (Lipinski definition) is 4. The molecule has 1 heterocycles. The number of rotatable bonds is 5. The molecular weight excluding hydrogens is 252 g/mol. The Morgan fingerprint density at radius 2 is 2.00 bits per heavy atom. The third-order valence-corrected chi connectivity index (χ3v) is 4.69. The van der Waals surface area contributed by atoms with Crippen molar-refractivity contribution in [2.45, 2.75) is 69.1 Å². The highest BCUT2D eigenvalue weighted by Crippen LogP contribution is 2.38. The van der Waals surface area contributed by atoms with Gasteiger partial charge in [-0.05, 0) is 46.7 Å². The molecule has 0 radical (unpaired) electrons. The van der Waals surface area contributed by atoms with Crippen molar-refractivity contribution in [2.24, 2.45) is 0 Å². The van der Waals surface area contributed by atoms with E-state index in [0.717, 1.165) is 19.4 Å². The van der Waals surface area contributed by atoms with Crippen LogP contribution in [0.25, 0.3) is 0 Å². The summed E-state index contributed by atoms with van der Waals surface area (Å²) in [4.78, 5) is 2.04. The van der Waals surface area contributed by atoms with Gasteiger partial charge >= 0.3 is 0 Å². The van der Waals surface area contributed by atoms with Crippen molar-refractivity contribution in [1.82, 2.24) is 10.2 Å². The van der Waals surface area contributed by atoms with Gasteiger partial charge in [0, 0.05) is 25.7 Å². The van der Waals surface area contributed by atoms with Gasteiger partial charge in [0.05, 0.1) is 11.2 Å². The van der Waals surface area contributed by atoms with Gasteiger partial charge in [-0.2, -0.15) is 0 Å². The summed E-state index contributed by atoms with van der Waals surface area (Å²) in [7, 11) is 4.00. The smallest absolute Gasteiger partial charge is 0.0869 e. The molecular formula is C16H32N2O2. The zero-order valence-electron chi connectivity index (χ0n) is 13.5. The molecule has 0 bridgehead atoms. The van der Waals surface area contributed by atoms with Gasteiger partial charge in [0.1, 0.15) is 0 Å². The van der Waals surface area contributed by atoms with Gasteiger partial charge in [-0.25, -0.2) is 0 Å². The molecule has 1 spiro atoms. The SMILES string of the molecule is CN(C)CC(C)(O)CNC1CCOC2(CCCCC2)C1. The van der Waals surface area contributed by atoms with Crippen LogP contribution < -0.4 is 5.32 Å². The normalized spacial score (nSPS) is 29.6. The fourth-order valence-corrected chi connectivity index (χ4v) is 3.85. The minimum Gasteiger partial charge on any atom is -0.388 e. The highest BCUT2D eigenvalue weighted by atomic mass is 16.5. The van der Waals surface area contributed by atoms with Crippen molar-refractivity contribution >= 4 is 0 Å². The lowest BCUT2D eigenvalue weighted by Gasteiger charge is -2.44. The zero-order valence-corrected chi connectivity index (χ0v) is 13.5. The first kappa shape index (κ1) is 16.2. The van der Waals surface area contributed by atoms with Gasteiger partial charge in [-0.15, -0.1) is 0 Å². The minimum absolute atomic E-state index is 0.140. The van der Waals surface area contributed by atoms with E-state index < -0.39 is 5.60 Å². The molecule has 1 saturated heterocycles. The maximum Gasteiger partial charge on any atom is 0.0869 e. The maximum atomic E-state index is 10.4. The Morgan fingerprint density at radius 3 is 2.65 bits per heavy atom. The summed E-state index contributed by atoms with van der Waals surface area (Å²) in [5.74, 6) is 0. The molecule has 4 nitrogen and oxygen atoms in total. The molecule has 118 valence electrons. The molecule has 2 fully saturated rings. The molecule has 2 N–H and O–H groups in total. The standard InChI is InChI=1S/C16H32N2O2/c1-15(19,13-18(2)3)12-17-14-7-10-20-16(11-14)8-5-4-6-9-16/h14,17,19H,4-13H2,1-3H3. The summed E-state index contributed by atoms with van der Waals surface area (Å²) in [5.41, 5.74) is -0.525. The summed E-state index contributed by atoms with van der Waals surface area (Å²) < 4.78 is 6.12. The van der Waals surface area contributed by atoms with Crippen LogP contribution in [0.15, 0.2) is 0 Å². The third kappa shape index (κ3) is 4.69. The Bertz CT molecular complexity index is 293. The molecule has 2 rings (SSSR count). The van der Waals surface area contributed by atoms with Gasteiger partial charge in [0.25, 0.3) is 0 Å². The van der Waals surface area contributed by atoms with Crippen LogP contribution in [-0.4, -0.2) is 61.0 Å². The largest absolute Gasteiger partial charge is 0.388 e. The van der Waals surface area contributed by atoms with Crippen molar-refractivity contribution in [2.75, 3.05) is 33.8 Å². The van der Waals surface area contributed by atoms with Crippen molar-refractivity contribution in [3.8, 4) is 0 Å². The highest BCUT2D eigenvalue weighted by molar-refractivity contribution is 4.93. The lowest BCUT2D eigenvalue weighted by Crippen LogP contribution is -2.53. The Balaban J connectivity index is 1.81. The van der Waals surface area contributed by atoms with Crippen molar-refractivity contribution in [1.29, 1.82) is 0 Å². The molecule has 0 amide bonds. The molecule has 4 heteroatoms. The highest BCUT2D eigenvalue weighted by Gasteiger charge is 2.38. The van der Waals surface area contributed by atoms with Crippen LogP contribution in [0.3, 0.4) is 0 Å². The third-order valence-electron chi connectivity index (χ3n) is 4.69. The molecule has 20 heavy (non-hydrogen) atoms. The molecule has 2 unspecified atom stereocenters. The quantitative estimate of drug-likeness (QED) is 0.807. The Kier molecular flexibility index (Phi) is 5.46. The first-order chi connectivity index (χ1) is 9.41. The van der Waals surface area contributed by atoms with Gasteiger partial charge in [0.15, 0.2) is 0 Å². The molecule has 0 aromatic rings. The Hall–Kier alpha value is -0.160. The average molecular weight is 284 g/mol. The number of nitrogens with one attached hydrogen (secondary N) is 1. The van der Waals surface area contributed by atoms with Crippen molar-refractivity contribution in [3.05, 3.63) is 0 Å². The number of ether oxygens (including phenoxy) is 1. The minimum atomic E-state index is -0.665. The van der Waals surface area contributed by atoms with E-state index in [9.17, 15) is 5.11 Å². The number of aliphatic hydroxyl groups is 1. The summed E-state index contributed by atoms with van der Waals surface area (Å²) in [6, 6.07) is 0.496. The van der Waals surface area contributed by atoms with E-state index in [1.165, 1.54) is 32.1 Å². The molecule has 0 aromatic carbocycles. The van der Waals surface area contributed by atoms with Crippen LogP contribution in [0.1, 0.15) is 51.9 Å². The first-order valence-corrected chi connectivity index (χ1v) is 8.15. The van der Waals surface area contributed by atoms with Gasteiger partial charge in [0.2, 0.25) is 0 Å². The van der Waals surface area contributed by atoms with Crippen molar-refractivity contribution < 1.29 is 9.84 Å². The summed E-state index contributed by atoms with van der Waals surface area (Å²) in [6.45, 7) is 4.13. The van der Waals surface area contributed by atoms with E-state index in [0.29, 0.717) is 19.1 Å².